The van der Waals surface area contributed by atoms with Crippen LogP contribution in [0.2, 0.25) is 0 Å². The summed E-state index contributed by atoms with van der Waals surface area (Å²) in [4.78, 5) is 15.1. The third-order valence-corrected chi connectivity index (χ3v) is 9.97. The lowest BCUT2D eigenvalue weighted by molar-refractivity contribution is 0.668. The predicted molar refractivity (Wildman–Crippen MR) is 213 cm³/mol. The predicted octanol–water partition coefficient (Wildman–Crippen LogP) is 12.3. The molecule has 0 spiro atoms. The van der Waals surface area contributed by atoms with Crippen molar-refractivity contribution >= 4 is 43.5 Å². The minimum atomic E-state index is 0.527. The van der Waals surface area contributed by atoms with Crippen molar-refractivity contribution in [3.05, 3.63) is 187 Å². The highest BCUT2D eigenvalue weighted by Gasteiger charge is 2.17. The van der Waals surface area contributed by atoms with Gasteiger partial charge >= 0.3 is 0 Å². The summed E-state index contributed by atoms with van der Waals surface area (Å²) < 4.78 is 6.41. The molecule has 4 nitrogen and oxygen atoms in total. The van der Waals surface area contributed by atoms with E-state index in [1.807, 2.05) is 36.4 Å². The van der Waals surface area contributed by atoms with E-state index in [9.17, 15) is 0 Å². The molecule has 8 aromatic carbocycles. The zero-order valence-electron chi connectivity index (χ0n) is 28.2. The molecular formula is C48H31N3O. The van der Waals surface area contributed by atoms with Gasteiger partial charge in [-0.05, 0) is 73.6 Å². The summed E-state index contributed by atoms with van der Waals surface area (Å²) in [5.74, 6) is 2.03. The van der Waals surface area contributed by atoms with Crippen LogP contribution >= 0.6 is 0 Å². The van der Waals surface area contributed by atoms with Crippen LogP contribution < -0.4 is 0 Å². The van der Waals surface area contributed by atoms with Gasteiger partial charge < -0.3 is 4.42 Å². The summed E-state index contributed by atoms with van der Waals surface area (Å²) in [6.45, 7) is 0. The summed E-state index contributed by atoms with van der Waals surface area (Å²) in [5.41, 5.74) is 9.46. The van der Waals surface area contributed by atoms with Crippen molar-refractivity contribution in [1.82, 2.24) is 15.0 Å². The lowest BCUT2D eigenvalue weighted by atomic mass is 9.95. The number of hydrogen-bond acceptors (Lipinski definition) is 4. The van der Waals surface area contributed by atoms with Gasteiger partial charge in [-0.3, -0.25) is 0 Å². The van der Waals surface area contributed by atoms with Gasteiger partial charge in [-0.2, -0.15) is 0 Å². The first-order valence-corrected chi connectivity index (χ1v) is 17.6. The summed E-state index contributed by atoms with van der Waals surface area (Å²) in [5, 5.41) is 7.00. The van der Waals surface area contributed by atoms with Gasteiger partial charge in [0.15, 0.2) is 11.6 Å². The molecule has 4 heteroatoms. The Kier molecular flexibility index (Phi) is 7.17. The second kappa shape index (κ2) is 12.4. The molecule has 2 aromatic heterocycles. The van der Waals surface area contributed by atoms with Gasteiger partial charge in [0.05, 0.1) is 0 Å². The molecule has 0 radical (unpaired) electrons. The molecule has 0 aliphatic heterocycles. The minimum Gasteiger partial charge on any atom is -0.456 e. The first kappa shape index (κ1) is 30.0. The highest BCUT2D eigenvalue weighted by molar-refractivity contribution is 6.08. The lowest BCUT2D eigenvalue weighted by Crippen LogP contribution is -2.04. The van der Waals surface area contributed by atoms with Gasteiger partial charge in [0.2, 0.25) is 0 Å². The molecular weight excluding hydrogens is 635 g/mol. The fourth-order valence-electron chi connectivity index (χ4n) is 7.39. The van der Waals surface area contributed by atoms with E-state index in [-0.39, 0.29) is 0 Å². The SMILES string of the molecule is c1ccc(-c2nc(Cc3cccc4oc5ccc(-c6ccc(-c7cccc8ccccc78)cc6)cc5c34)nc(-c3ccc4ccccc4c3)n2)cc1. The van der Waals surface area contributed by atoms with Gasteiger partial charge in [0.1, 0.15) is 17.0 Å². The molecule has 2 heterocycles. The summed E-state index contributed by atoms with van der Waals surface area (Å²) in [6, 6.07) is 61.5. The van der Waals surface area contributed by atoms with Gasteiger partial charge in [-0.25, -0.2) is 15.0 Å². The molecule has 244 valence electrons. The van der Waals surface area contributed by atoms with Crippen LogP contribution in [0.5, 0.6) is 0 Å². The van der Waals surface area contributed by atoms with Gasteiger partial charge in [-0.15, -0.1) is 0 Å². The van der Waals surface area contributed by atoms with Crippen molar-refractivity contribution in [3.63, 3.8) is 0 Å². The Hall–Kier alpha value is -6.91. The van der Waals surface area contributed by atoms with E-state index in [0.717, 1.165) is 55.1 Å². The smallest absolute Gasteiger partial charge is 0.163 e. The summed E-state index contributed by atoms with van der Waals surface area (Å²) in [7, 11) is 0. The second-order valence-electron chi connectivity index (χ2n) is 13.2. The van der Waals surface area contributed by atoms with E-state index < -0.39 is 0 Å². The quantitative estimate of drug-likeness (QED) is 0.177. The lowest BCUT2D eigenvalue weighted by Gasteiger charge is -2.10. The maximum atomic E-state index is 6.41. The molecule has 0 atom stereocenters. The Labute approximate surface area is 300 Å². The standard InChI is InChI=1S/C48H31N3O/c1-2-12-35(13-3-1)47-49-45(50-48(51-47)39-25-22-31-10-4-5-14-36(31)28-39)30-38-16-9-19-44-46(38)42-29-37(26-27-43(42)52-44)32-20-23-34(24-21-32)41-18-8-15-33-11-6-7-17-40(33)41/h1-29H,30H2. The molecule has 0 saturated carbocycles. The van der Waals surface area contributed by atoms with E-state index in [1.54, 1.807) is 0 Å². The van der Waals surface area contributed by atoms with Crippen LogP contribution in [0.15, 0.2) is 180 Å². The summed E-state index contributed by atoms with van der Waals surface area (Å²) >= 11 is 0. The number of fused-ring (bicyclic) bond motifs is 5. The van der Waals surface area contributed by atoms with Crippen LogP contribution in [-0.4, -0.2) is 15.0 Å². The Balaban J connectivity index is 1.05. The van der Waals surface area contributed by atoms with Crippen molar-refractivity contribution in [1.29, 1.82) is 0 Å². The number of aromatic nitrogens is 3. The average molecular weight is 666 g/mol. The molecule has 0 aliphatic rings. The van der Waals surface area contributed by atoms with E-state index in [4.69, 9.17) is 19.4 Å². The largest absolute Gasteiger partial charge is 0.456 e. The van der Waals surface area contributed by atoms with E-state index in [2.05, 4.69) is 140 Å². The zero-order valence-corrected chi connectivity index (χ0v) is 28.2. The van der Waals surface area contributed by atoms with Crippen molar-refractivity contribution in [2.75, 3.05) is 0 Å². The van der Waals surface area contributed by atoms with E-state index >= 15 is 0 Å². The highest BCUT2D eigenvalue weighted by atomic mass is 16.3. The second-order valence-corrected chi connectivity index (χ2v) is 13.2. The molecule has 0 amide bonds. The molecule has 52 heavy (non-hydrogen) atoms. The fourth-order valence-corrected chi connectivity index (χ4v) is 7.39. The van der Waals surface area contributed by atoms with Crippen molar-refractivity contribution in [2.24, 2.45) is 0 Å². The van der Waals surface area contributed by atoms with Crippen LogP contribution in [0.3, 0.4) is 0 Å². The monoisotopic (exact) mass is 665 g/mol. The van der Waals surface area contributed by atoms with Gasteiger partial charge in [-0.1, -0.05) is 152 Å². The first-order chi connectivity index (χ1) is 25.7. The van der Waals surface area contributed by atoms with E-state index in [0.29, 0.717) is 23.9 Å². The number of rotatable bonds is 6. The normalized spacial score (nSPS) is 11.5. The number of benzene rings is 8. The number of hydrogen-bond donors (Lipinski definition) is 0. The number of furan rings is 1. The van der Waals surface area contributed by atoms with Gasteiger partial charge in [0.25, 0.3) is 0 Å². The van der Waals surface area contributed by atoms with Crippen molar-refractivity contribution in [2.45, 2.75) is 6.42 Å². The Morgan fingerprint density at radius 2 is 1.06 bits per heavy atom. The van der Waals surface area contributed by atoms with E-state index in [1.165, 1.54) is 27.3 Å². The number of nitrogens with zero attached hydrogens (tertiary/aromatic N) is 3. The maximum Gasteiger partial charge on any atom is 0.163 e. The van der Waals surface area contributed by atoms with Crippen molar-refractivity contribution in [3.8, 4) is 45.0 Å². The minimum absolute atomic E-state index is 0.527. The zero-order chi connectivity index (χ0) is 34.4. The molecule has 0 unspecified atom stereocenters. The van der Waals surface area contributed by atoms with Gasteiger partial charge in [0, 0.05) is 28.3 Å². The molecule has 10 aromatic rings. The molecule has 0 bridgehead atoms. The average Bonchev–Trinajstić information content (AvgIpc) is 3.60. The molecule has 0 N–H and O–H groups in total. The molecule has 0 aliphatic carbocycles. The molecule has 0 saturated heterocycles. The van der Waals surface area contributed by atoms with Crippen LogP contribution in [-0.2, 0) is 6.42 Å². The Morgan fingerprint density at radius 3 is 1.92 bits per heavy atom. The van der Waals surface area contributed by atoms with Crippen LogP contribution in [0.25, 0.3) is 88.5 Å². The third kappa shape index (κ3) is 5.38. The molecule has 0 fully saturated rings. The Bertz CT molecular complexity index is 2920. The third-order valence-electron chi connectivity index (χ3n) is 9.97. The maximum absolute atomic E-state index is 6.41. The van der Waals surface area contributed by atoms with Crippen LogP contribution in [0.1, 0.15) is 11.4 Å². The molecule has 10 rings (SSSR count). The highest BCUT2D eigenvalue weighted by Crippen LogP contribution is 2.37. The van der Waals surface area contributed by atoms with Crippen LogP contribution in [0, 0.1) is 0 Å². The fraction of sp³-hybridized carbons (Fsp3) is 0.0208. The Morgan fingerprint density at radius 1 is 0.385 bits per heavy atom. The topological polar surface area (TPSA) is 51.8 Å². The van der Waals surface area contributed by atoms with Crippen LogP contribution in [0.4, 0.5) is 0 Å². The van der Waals surface area contributed by atoms with Crippen molar-refractivity contribution < 1.29 is 4.42 Å². The first-order valence-electron chi connectivity index (χ1n) is 17.6. The summed E-state index contributed by atoms with van der Waals surface area (Å²) in [6.07, 6.45) is 0.527.